The summed E-state index contributed by atoms with van der Waals surface area (Å²) >= 11 is 0. The molecule has 0 fully saturated rings. The van der Waals surface area contributed by atoms with Gasteiger partial charge in [0.1, 0.15) is 5.82 Å². The molecular formula is C17H20FNO2. The third-order valence-electron chi connectivity index (χ3n) is 3.23. The van der Waals surface area contributed by atoms with Crippen LogP contribution in [0.4, 0.5) is 4.39 Å². The molecule has 0 bridgehead atoms. The zero-order valence-corrected chi connectivity index (χ0v) is 12.1. The predicted molar refractivity (Wildman–Crippen MR) is 81.2 cm³/mol. The van der Waals surface area contributed by atoms with E-state index in [1.165, 1.54) is 12.1 Å². The van der Waals surface area contributed by atoms with E-state index in [1.807, 2.05) is 24.3 Å². The lowest BCUT2D eigenvalue weighted by atomic mass is 10.0. The van der Waals surface area contributed by atoms with Crippen LogP contribution < -0.4 is 15.2 Å². The van der Waals surface area contributed by atoms with Crippen molar-refractivity contribution >= 4 is 0 Å². The fourth-order valence-corrected chi connectivity index (χ4v) is 2.08. The summed E-state index contributed by atoms with van der Waals surface area (Å²) in [5, 5.41) is 0. The molecule has 0 aliphatic heterocycles. The largest absolute Gasteiger partial charge is 0.493 e. The van der Waals surface area contributed by atoms with E-state index >= 15 is 0 Å². The molecule has 0 amide bonds. The summed E-state index contributed by atoms with van der Waals surface area (Å²) < 4.78 is 23.7. The summed E-state index contributed by atoms with van der Waals surface area (Å²) in [5.41, 5.74) is 7.10. The molecule has 0 spiro atoms. The van der Waals surface area contributed by atoms with Crippen molar-refractivity contribution in [2.45, 2.75) is 18.9 Å². The number of rotatable bonds is 7. The second-order valence-electron chi connectivity index (χ2n) is 4.88. The number of ether oxygens (including phenoxy) is 2. The van der Waals surface area contributed by atoms with Gasteiger partial charge in [-0.05, 0) is 42.7 Å². The van der Waals surface area contributed by atoms with Crippen molar-refractivity contribution in [2.24, 2.45) is 5.73 Å². The van der Waals surface area contributed by atoms with Gasteiger partial charge in [-0.3, -0.25) is 0 Å². The minimum absolute atomic E-state index is 0.0230. The van der Waals surface area contributed by atoms with E-state index in [0.29, 0.717) is 24.5 Å². The van der Waals surface area contributed by atoms with Crippen molar-refractivity contribution in [3.8, 4) is 11.5 Å². The van der Waals surface area contributed by atoms with Crippen LogP contribution >= 0.6 is 0 Å². The van der Waals surface area contributed by atoms with E-state index in [4.69, 9.17) is 15.2 Å². The van der Waals surface area contributed by atoms with Crippen LogP contribution in [-0.2, 0) is 6.42 Å². The van der Waals surface area contributed by atoms with Gasteiger partial charge in [-0.2, -0.15) is 0 Å². The number of hydrogen-bond donors (Lipinski definition) is 1. The summed E-state index contributed by atoms with van der Waals surface area (Å²) in [6.07, 6.45) is 1.42. The fraction of sp³-hybridized carbons (Fsp3) is 0.294. The number of halogens is 1. The standard InChI is InChI=1S/C17H20FNO2/c1-20-16-4-2-3-5-17(16)21-11-10-15(19)12-13-6-8-14(18)9-7-13/h2-9,15H,10-12,19H2,1H3. The highest BCUT2D eigenvalue weighted by atomic mass is 19.1. The van der Waals surface area contributed by atoms with Gasteiger partial charge in [-0.1, -0.05) is 24.3 Å². The van der Waals surface area contributed by atoms with Gasteiger partial charge in [0.2, 0.25) is 0 Å². The van der Waals surface area contributed by atoms with Crippen LogP contribution in [0.2, 0.25) is 0 Å². The van der Waals surface area contributed by atoms with Crippen LogP contribution in [0.25, 0.3) is 0 Å². The Morgan fingerprint density at radius 3 is 2.38 bits per heavy atom. The lowest BCUT2D eigenvalue weighted by Gasteiger charge is -2.14. The summed E-state index contributed by atoms with van der Waals surface area (Å²) in [7, 11) is 1.61. The lowest BCUT2D eigenvalue weighted by Crippen LogP contribution is -2.25. The maximum Gasteiger partial charge on any atom is 0.161 e. The van der Waals surface area contributed by atoms with Crippen molar-refractivity contribution in [1.29, 1.82) is 0 Å². The number of nitrogens with two attached hydrogens (primary N) is 1. The van der Waals surface area contributed by atoms with Gasteiger partial charge >= 0.3 is 0 Å². The van der Waals surface area contributed by atoms with E-state index < -0.39 is 0 Å². The average Bonchev–Trinajstić information content (AvgIpc) is 2.50. The molecule has 2 aromatic carbocycles. The minimum atomic E-state index is -0.230. The highest BCUT2D eigenvalue weighted by Crippen LogP contribution is 2.25. The molecule has 0 aliphatic rings. The molecule has 0 saturated carbocycles. The zero-order valence-electron chi connectivity index (χ0n) is 12.1. The van der Waals surface area contributed by atoms with Gasteiger partial charge < -0.3 is 15.2 Å². The number of para-hydroxylation sites is 2. The first-order chi connectivity index (χ1) is 10.2. The number of methoxy groups -OCH3 is 1. The van der Waals surface area contributed by atoms with Gasteiger partial charge in [-0.25, -0.2) is 4.39 Å². The molecule has 1 unspecified atom stereocenters. The first-order valence-electron chi connectivity index (χ1n) is 6.95. The summed E-state index contributed by atoms with van der Waals surface area (Å²) in [4.78, 5) is 0. The van der Waals surface area contributed by atoms with E-state index in [9.17, 15) is 4.39 Å². The Morgan fingerprint density at radius 2 is 1.71 bits per heavy atom. The van der Waals surface area contributed by atoms with Crippen LogP contribution in [0.1, 0.15) is 12.0 Å². The van der Waals surface area contributed by atoms with Gasteiger partial charge in [0.25, 0.3) is 0 Å². The Bertz CT molecular complexity index is 557. The monoisotopic (exact) mass is 289 g/mol. The zero-order chi connectivity index (χ0) is 15.1. The normalized spacial score (nSPS) is 12.0. The van der Waals surface area contributed by atoms with E-state index in [0.717, 1.165) is 12.0 Å². The molecule has 4 heteroatoms. The molecule has 2 N–H and O–H groups in total. The number of benzene rings is 2. The maximum absolute atomic E-state index is 12.8. The van der Waals surface area contributed by atoms with Crippen molar-refractivity contribution in [1.82, 2.24) is 0 Å². The molecule has 0 heterocycles. The topological polar surface area (TPSA) is 44.5 Å². The molecule has 112 valence electrons. The van der Waals surface area contributed by atoms with E-state index in [1.54, 1.807) is 19.2 Å². The molecular weight excluding hydrogens is 269 g/mol. The Balaban J connectivity index is 1.79. The molecule has 3 nitrogen and oxygen atoms in total. The molecule has 2 aromatic rings. The maximum atomic E-state index is 12.8. The van der Waals surface area contributed by atoms with Crippen LogP contribution in [-0.4, -0.2) is 19.8 Å². The van der Waals surface area contributed by atoms with Gasteiger partial charge in [0.15, 0.2) is 11.5 Å². The first-order valence-corrected chi connectivity index (χ1v) is 6.95. The van der Waals surface area contributed by atoms with Crippen LogP contribution in [0.3, 0.4) is 0 Å². The molecule has 0 aromatic heterocycles. The highest BCUT2D eigenvalue weighted by Gasteiger charge is 2.07. The van der Waals surface area contributed by atoms with Gasteiger partial charge in [-0.15, -0.1) is 0 Å². The van der Waals surface area contributed by atoms with Gasteiger partial charge in [0.05, 0.1) is 13.7 Å². The second kappa shape index (κ2) is 7.64. The Labute approximate surface area is 124 Å². The molecule has 0 radical (unpaired) electrons. The fourth-order valence-electron chi connectivity index (χ4n) is 2.08. The first kappa shape index (κ1) is 15.3. The third kappa shape index (κ3) is 4.76. The average molecular weight is 289 g/mol. The van der Waals surface area contributed by atoms with Crippen LogP contribution in [0.15, 0.2) is 48.5 Å². The molecule has 0 aliphatic carbocycles. The van der Waals surface area contributed by atoms with E-state index in [2.05, 4.69) is 0 Å². The molecule has 2 rings (SSSR count). The Hall–Kier alpha value is -2.07. The minimum Gasteiger partial charge on any atom is -0.493 e. The predicted octanol–water partition coefficient (Wildman–Crippen LogP) is 3.17. The van der Waals surface area contributed by atoms with Crippen molar-refractivity contribution in [3.63, 3.8) is 0 Å². The molecule has 1 atom stereocenters. The summed E-state index contributed by atoms with van der Waals surface area (Å²) in [5.74, 6) is 1.20. The van der Waals surface area contributed by atoms with Crippen molar-refractivity contribution in [2.75, 3.05) is 13.7 Å². The van der Waals surface area contributed by atoms with Gasteiger partial charge in [0, 0.05) is 6.04 Å². The smallest absolute Gasteiger partial charge is 0.161 e. The summed E-state index contributed by atoms with van der Waals surface area (Å²) in [6, 6.07) is 13.9. The SMILES string of the molecule is COc1ccccc1OCCC(N)Cc1ccc(F)cc1. The van der Waals surface area contributed by atoms with Crippen molar-refractivity contribution in [3.05, 3.63) is 59.9 Å². The van der Waals surface area contributed by atoms with Crippen LogP contribution in [0.5, 0.6) is 11.5 Å². The molecule has 0 saturated heterocycles. The molecule has 21 heavy (non-hydrogen) atoms. The van der Waals surface area contributed by atoms with Crippen molar-refractivity contribution < 1.29 is 13.9 Å². The Morgan fingerprint density at radius 1 is 1.05 bits per heavy atom. The quantitative estimate of drug-likeness (QED) is 0.851. The third-order valence-corrected chi connectivity index (χ3v) is 3.23. The second-order valence-corrected chi connectivity index (χ2v) is 4.88. The number of hydrogen-bond acceptors (Lipinski definition) is 3. The lowest BCUT2D eigenvalue weighted by molar-refractivity contribution is 0.279. The highest BCUT2D eigenvalue weighted by molar-refractivity contribution is 5.39. The van der Waals surface area contributed by atoms with Crippen LogP contribution in [0, 0.1) is 5.82 Å². The summed E-state index contributed by atoms with van der Waals surface area (Å²) in [6.45, 7) is 0.517. The van der Waals surface area contributed by atoms with E-state index in [-0.39, 0.29) is 11.9 Å². The Kier molecular flexibility index (Phi) is 5.58.